The number of hydrogen-bond acceptors (Lipinski definition) is 6. The molecule has 11 nitrogen and oxygen atoms in total. The average Bonchev–Trinajstić information content (AvgIpc) is 2.75. The number of non-ortho nitro benzene ring substituents is 2. The average molecular weight is 452 g/mol. The van der Waals surface area contributed by atoms with Crippen molar-refractivity contribution in [3.8, 4) is 0 Å². The molecule has 3 aromatic rings. The number of carbonyl (C=O) groups is 2. The van der Waals surface area contributed by atoms with Gasteiger partial charge in [0.05, 0.1) is 21.2 Å². The number of benzene rings is 3. The summed E-state index contributed by atoms with van der Waals surface area (Å²) in [7, 11) is 0. The number of amides is 2. The van der Waals surface area contributed by atoms with Crippen LogP contribution >= 0.6 is 0 Å². The Balaban J connectivity index is 0.00000385. The Hall–Kier alpha value is -4.64. The van der Waals surface area contributed by atoms with E-state index < -0.39 is 21.7 Å². The van der Waals surface area contributed by atoms with Crippen molar-refractivity contribution < 1.29 is 24.9 Å². The molecule has 0 unspecified atom stereocenters. The van der Waals surface area contributed by atoms with Crippen molar-refractivity contribution in [3.05, 3.63) is 103 Å². The van der Waals surface area contributed by atoms with Crippen LogP contribution in [0.25, 0.3) is 0 Å². The summed E-state index contributed by atoms with van der Waals surface area (Å²) in [6.45, 7) is 3.30. The molecular weight excluding hydrogens is 432 g/mol. The topological polar surface area (TPSA) is 176 Å². The van der Waals surface area contributed by atoms with Gasteiger partial charge in [0, 0.05) is 35.4 Å². The van der Waals surface area contributed by atoms with Crippen LogP contribution in [0, 0.1) is 34.1 Å². The van der Waals surface area contributed by atoms with E-state index in [9.17, 15) is 29.8 Å². The molecule has 0 radical (unpaired) electrons. The Labute approximate surface area is 187 Å². The lowest BCUT2D eigenvalue weighted by Crippen LogP contribution is -2.18. The second-order valence-electron chi connectivity index (χ2n) is 6.97. The van der Waals surface area contributed by atoms with Gasteiger partial charge in [0.25, 0.3) is 23.2 Å². The largest absolute Gasteiger partial charge is 0.412 e. The summed E-state index contributed by atoms with van der Waals surface area (Å²) in [6, 6.07) is 14.3. The van der Waals surface area contributed by atoms with Gasteiger partial charge in [0.2, 0.25) is 0 Å². The lowest BCUT2D eigenvalue weighted by atomic mass is 10.1. The summed E-state index contributed by atoms with van der Waals surface area (Å²) < 4.78 is 0. The van der Waals surface area contributed by atoms with Gasteiger partial charge in [-0.2, -0.15) is 0 Å². The highest BCUT2D eigenvalue weighted by Crippen LogP contribution is 2.25. The molecule has 0 spiro atoms. The number of nitrogens with one attached hydrogen (secondary N) is 2. The summed E-state index contributed by atoms with van der Waals surface area (Å²) in [4.78, 5) is 46.4. The third-order valence-electron chi connectivity index (χ3n) is 4.78. The fourth-order valence-electron chi connectivity index (χ4n) is 3.02. The first-order valence-electron chi connectivity index (χ1n) is 9.39. The van der Waals surface area contributed by atoms with Gasteiger partial charge < -0.3 is 16.1 Å². The van der Waals surface area contributed by atoms with Gasteiger partial charge in [0.1, 0.15) is 0 Å². The first-order valence-corrected chi connectivity index (χ1v) is 9.39. The Kier molecular flexibility index (Phi) is 7.55. The maximum Gasteiger partial charge on any atom is 0.270 e. The van der Waals surface area contributed by atoms with Gasteiger partial charge >= 0.3 is 0 Å². The van der Waals surface area contributed by atoms with Crippen LogP contribution in [0.1, 0.15) is 31.8 Å². The van der Waals surface area contributed by atoms with Crippen LogP contribution in [0.15, 0.2) is 60.7 Å². The molecule has 0 saturated heterocycles. The molecule has 170 valence electrons. The first kappa shape index (κ1) is 24.6. The van der Waals surface area contributed by atoms with Gasteiger partial charge in [-0.25, -0.2) is 0 Å². The van der Waals surface area contributed by atoms with Crippen molar-refractivity contribution >= 4 is 34.6 Å². The summed E-state index contributed by atoms with van der Waals surface area (Å²) in [6.07, 6.45) is 0. The van der Waals surface area contributed by atoms with E-state index in [1.54, 1.807) is 38.1 Å². The summed E-state index contributed by atoms with van der Waals surface area (Å²) in [5.41, 5.74) is 1.42. The van der Waals surface area contributed by atoms with E-state index in [1.807, 2.05) is 0 Å². The van der Waals surface area contributed by atoms with E-state index in [-0.39, 0.29) is 39.4 Å². The molecule has 11 heteroatoms. The predicted molar refractivity (Wildman–Crippen MR) is 122 cm³/mol. The summed E-state index contributed by atoms with van der Waals surface area (Å²) in [5.74, 6) is -1.17. The third kappa shape index (κ3) is 5.54. The number of nitro groups is 2. The highest BCUT2D eigenvalue weighted by Gasteiger charge is 2.18. The molecule has 0 aliphatic rings. The molecule has 0 atom stereocenters. The second-order valence-corrected chi connectivity index (χ2v) is 6.97. The molecule has 0 fully saturated rings. The molecule has 0 aliphatic heterocycles. The first-order chi connectivity index (χ1) is 15.2. The monoisotopic (exact) mass is 452 g/mol. The van der Waals surface area contributed by atoms with Crippen LogP contribution in [-0.4, -0.2) is 27.1 Å². The minimum atomic E-state index is -0.591. The Bertz CT molecular complexity index is 1160. The zero-order valence-electron chi connectivity index (χ0n) is 17.6. The highest BCUT2D eigenvalue weighted by molar-refractivity contribution is 6.11. The van der Waals surface area contributed by atoms with Gasteiger partial charge in [-0.05, 0) is 37.1 Å². The molecule has 3 rings (SSSR count). The van der Waals surface area contributed by atoms with E-state index >= 15 is 0 Å². The fraction of sp³-hybridized carbons (Fsp3) is 0.0909. The Morgan fingerprint density at radius 3 is 1.39 bits per heavy atom. The van der Waals surface area contributed by atoms with E-state index in [2.05, 4.69) is 10.6 Å². The summed E-state index contributed by atoms with van der Waals surface area (Å²) in [5, 5.41) is 27.4. The van der Waals surface area contributed by atoms with Crippen molar-refractivity contribution in [2.75, 3.05) is 10.6 Å². The molecule has 2 amide bonds. The molecule has 4 N–H and O–H groups in total. The number of anilines is 2. The molecular formula is C22H20N4O7. The minimum Gasteiger partial charge on any atom is -0.412 e. The molecule has 0 aromatic heterocycles. The fourth-order valence-corrected chi connectivity index (χ4v) is 3.02. The minimum absolute atomic E-state index is 0. The van der Waals surface area contributed by atoms with Crippen LogP contribution in [0.5, 0.6) is 0 Å². The highest BCUT2D eigenvalue weighted by atomic mass is 16.6. The normalized spacial score (nSPS) is 10.0. The number of nitrogens with zero attached hydrogens (tertiary/aromatic N) is 2. The number of hydrogen-bond donors (Lipinski definition) is 2. The van der Waals surface area contributed by atoms with Crippen molar-refractivity contribution in [2.24, 2.45) is 0 Å². The van der Waals surface area contributed by atoms with Crippen LogP contribution in [0.2, 0.25) is 0 Å². The van der Waals surface area contributed by atoms with Crippen LogP contribution in [0.3, 0.4) is 0 Å². The van der Waals surface area contributed by atoms with Crippen molar-refractivity contribution in [1.29, 1.82) is 0 Å². The van der Waals surface area contributed by atoms with Gasteiger partial charge in [-0.3, -0.25) is 29.8 Å². The van der Waals surface area contributed by atoms with Gasteiger partial charge in [-0.15, -0.1) is 0 Å². The van der Waals surface area contributed by atoms with Gasteiger partial charge in [0.15, 0.2) is 0 Å². The number of rotatable bonds is 6. The Morgan fingerprint density at radius 1 is 0.697 bits per heavy atom. The third-order valence-corrected chi connectivity index (χ3v) is 4.78. The van der Waals surface area contributed by atoms with Gasteiger partial charge in [-0.1, -0.05) is 24.3 Å². The van der Waals surface area contributed by atoms with Crippen molar-refractivity contribution in [2.45, 2.75) is 13.8 Å². The zero-order chi connectivity index (χ0) is 23.4. The second kappa shape index (κ2) is 10.1. The number of nitro benzene ring substituents is 2. The molecule has 0 aliphatic carbocycles. The van der Waals surface area contributed by atoms with E-state index in [4.69, 9.17) is 0 Å². The van der Waals surface area contributed by atoms with Crippen LogP contribution < -0.4 is 10.6 Å². The lowest BCUT2D eigenvalue weighted by molar-refractivity contribution is -0.385. The number of carbonyl (C=O) groups excluding carboxylic acids is 2. The summed E-state index contributed by atoms with van der Waals surface area (Å²) >= 11 is 0. The van der Waals surface area contributed by atoms with E-state index in [1.165, 1.54) is 36.4 Å². The van der Waals surface area contributed by atoms with Crippen molar-refractivity contribution in [1.82, 2.24) is 0 Å². The zero-order valence-corrected chi connectivity index (χ0v) is 17.6. The lowest BCUT2D eigenvalue weighted by Gasteiger charge is -2.14. The molecule has 0 saturated carbocycles. The Morgan fingerprint density at radius 2 is 1.06 bits per heavy atom. The maximum absolute atomic E-state index is 12.8. The standard InChI is InChI=1S/C22H18N4O6.H2O/c1-13-7-9-15(25(29)30)11-17(13)21(27)23-19-5-3-4-6-20(19)24-22(28)18-12-16(26(31)32)10-8-14(18)2;/h3-12H,1-2H3,(H,23,27)(H,24,28);1H2. The van der Waals surface area contributed by atoms with Crippen LogP contribution in [0.4, 0.5) is 22.7 Å². The van der Waals surface area contributed by atoms with Crippen LogP contribution in [-0.2, 0) is 0 Å². The smallest absolute Gasteiger partial charge is 0.270 e. The molecule has 0 bridgehead atoms. The SMILES string of the molecule is Cc1ccc([N+](=O)[O-])cc1C(=O)Nc1ccccc1NC(=O)c1cc([N+](=O)[O-])ccc1C.O. The number of aryl methyl sites for hydroxylation is 2. The van der Waals surface area contributed by atoms with Crippen molar-refractivity contribution in [3.63, 3.8) is 0 Å². The predicted octanol–water partition coefficient (Wildman–Crippen LogP) is 3.80. The maximum atomic E-state index is 12.8. The van der Waals surface area contributed by atoms with E-state index in [0.717, 1.165) is 0 Å². The van der Waals surface area contributed by atoms with E-state index in [0.29, 0.717) is 11.1 Å². The molecule has 0 heterocycles. The number of para-hydroxylation sites is 2. The molecule has 33 heavy (non-hydrogen) atoms. The quantitative estimate of drug-likeness (QED) is 0.424. The molecule has 3 aromatic carbocycles.